The van der Waals surface area contributed by atoms with Crippen LogP contribution in [0.15, 0.2) is 72.8 Å². The van der Waals surface area contributed by atoms with Crippen molar-refractivity contribution in [3.05, 3.63) is 89.5 Å². The number of benzene rings is 3. The maximum atomic E-state index is 9.91. The van der Waals surface area contributed by atoms with E-state index in [0.717, 1.165) is 12.0 Å². The Kier molecular flexibility index (Phi) is 3.94. The summed E-state index contributed by atoms with van der Waals surface area (Å²) in [6.07, 6.45) is 6.10. The molecule has 0 bridgehead atoms. The lowest BCUT2D eigenvalue weighted by Gasteiger charge is -2.10. The highest BCUT2D eigenvalue weighted by Gasteiger charge is 2.07. The quantitative estimate of drug-likeness (QED) is 0.695. The molecule has 0 aliphatic rings. The SMILES string of the molecule is C#Cc1ccc(Cc2ccccc2-c2ccccc2)cc1O. The summed E-state index contributed by atoms with van der Waals surface area (Å²) < 4.78 is 0. The Labute approximate surface area is 130 Å². The van der Waals surface area contributed by atoms with Crippen LogP contribution in [0, 0.1) is 12.3 Å². The summed E-state index contributed by atoms with van der Waals surface area (Å²) in [5.74, 6) is 2.64. The first kappa shape index (κ1) is 14.0. The molecule has 22 heavy (non-hydrogen) atoms. The fraction of sp³-hybridized carbons (Fsp3) is 0.0476. The molecule has 1 N–H and O–H groups in total. The van der Waals surface area contributed by atoms with Crippen molar-refractivity contribution in [3.63, 3.8) is 0 Å². The Balaban J connectivity index is 1.97. The van der Waals surface area contributed by atoms with Crippen LogP contribution in [-0.2, 0) is 6.42 Å². The van der Waals surface area contributed by atoms with Crippen molar-refractivity contribution in [1.82, 2.24) is 0 Å². The fourth-order valence-electron chi connectivity index (χ4n) is 2.60. The molecule has 0 radical (unpaired) electrons. The molecule has 0 fully saturated rings. The first-order valence-corrected chi connectivity index (χ1v) is 7.20. The second kappa shape index (κ2) is 6.20. The van der Waals surface area contributed by atoms with E-state index < -0.39 is 0 Å². The molecule has 0 saturated carbocycles. The maximum absolute atomic E-state index is 9.91. The van der Waals surface area contributed by atoms with Crippen molar-refractivity contribution in [1.29, 1.82) is 0 Å². The minimum atomic E-state index is 0.164. The molecule has 0 amide bonds. The Morgan fingerprint density at radius 1 is 0.864 bits per heavy atom. The van der Waals surface area contributed by atoms with E-state index in [1.54, 1.807) is 12.1 Å². The Morgan fingerprint density at radius 2 is 1.59 bits per heavy atom. The van der Waals surface area contributed by atoms with Crippen LogP contribution in [-0.4, -0.2) is 5.11 Å². The summed E-state index contributed by atoms with van der Waals surface area (Å²) in [6, 6.07) is 24.2. The number of hydrogen-bond acceptors (Lipinski definition) is 1. The average Bonchev–Trinajstić information content (AvgIpc) is 2.56. The number of phenolic OH excluding ortho intramolecular Hbond substituents is 1. The minimum absolute atomic E-state index is 0.164. The van der Waals surface area contributed by atoms with E-state index in [1.807, 2.05) is 36.4 Å². The van der Waals surface area contributed by atoms with E-state index in [1.165, 1.54) is 16.7 Å². The van der Waals surface area contributed by atoms with Crippen LogP contribution in [0.4, 0.5) is 0 Å². The van der Waals surface area contributed by atoms with Gasteiger partial charge in [-0.25, -0.2) is 0 Å². The van der Waals surface area contributed by atoms with Crippen LogP contribution in [0.2, 0.25) is 0 Å². The smallest absolute Gasteiger partial charge is 0.131 e. The molecule has 0 saturated heterocycles. The monoisotopic (exact) mass is 284 g/mol. The molecule has 3 aromatic carbocycles. The van der Waals surface area contributed by atoms with Crippen LogP contribution in [0.5, 0.6) is 5.75 Å². The van der Waals surface area contributed by atoms with Gasteiger partial charge in [-0.1, -0.05) is 66.6 Å². The lowest BCUT2D eigenvalue weighted by atomic mass is 9.94. The van der Waals surface area contributed by atoms with Gasteiger partial charge in [0.2, 0.25) is 0 Å². The lowest BCUT2D eigenvalue weighted by Crippen LogP contribution is -1.92. The summed E-state index contributed by atoms with van der Waals surface area (Å²) in [7, 11) is 0. The highest BCUT2D eigenvalue weighted by Crippen LogP contribution is 2.27. The van der Waals surface area contributed by atoms with E-state index in [4.69, 9.17) is 6.42 Å². The number of aromatic hydroxyl groups is 1. The van der Waals surface area contributed by atoms with Gasteiger partial charge in [0.15, 0.2) is 0 Å². The molecule has 0 aromatic heterocycles. The molecular formula is C21H16O. The van der Waals surface area contributed by atoms with Crippen molar-refractivity contribution in [3.8, 4) is 29.2 Å². The number of phenols is 1. The van der Waals surface area contributed by atoms with Crippen molar-refractivity contribution in [2.24, 2.45) is 0 Å². The molecule has 0 aliphatic carbocycles. The van der Waals surface area contributed by atoms with Gasteiger partial charge in [-0.05, 0) is 40.8 Å². The van der Waals surface area contributed by atoms with Crippen LogP contribution < -0.4 is 0 Å². The van der Waals surface area contributed by atoms with E-state index in [9.17, 15) is 5.11 Å². The first-order chi connectivity index (χ1) is 10.8. The van der Waals surface area contributed by atoms with Crippen molar-refractivity contribution in [2.75, 3.05) is 0 Å². The van der Waals surface area contributed by atoms with Crippen LogP contribution in [0.25, 0.3) is 11.1 Å². The zero-order chi connectivity index (χ0) is 15.4. The van der Waals surface area contributed by atoms with Gasteiger partial charge < -0.3 is 5.11 Å². The molecule has 3 rings (SSSR count). The second-order valence-corrected chi connectivity index (χ2v) is 5.20. The van der Waals surface area contributed by atoms with Crippen LogP contribution >= 0.6 is 0 Å². The standard InChI is InChI=1S/C21H16O/c1-2-17-13-12-16(15-21(17)22)14-19-10-6-7-11-20(19)18-8-4-3-5-9-18/h1,3-13,15,22H,14H2. The molecule has 0 aliphatic heterocycles. The Morgan fingerprint density at radius 3 is 2.32 bits per heavy atom. The zero-order valence-electron chi connectivity index (χ0n) is 12.2. The molecule has 0 spiro atoms. The third kappa shape index (κ3) is 2.87. The summed E-state index contributed by atoms with van der Waals surface area (Å²) in [5, 5.41) is 9.91. The van der Waals surface area contributed by atoms with Gasteiger partial charge in [0.1, 0.15) is 5.75 Å². The third-order valence-corrected chi connectivity index (χ3v) is 3.71. The van der Waals surface area contributed by atoms with Crippen molar-refractivity contribution < 1.29 is 5.11 Å². The zero-order valence-corrected chi connectivity index (χ0v) is 12.2. The molecule has 0 atom stereocenters. The van der Waals surface area contributed by atoms with Gasteiger partial charge in [0.05, 0.1) is 5.56 Å². The lowest BCUT2D eigenvalue weighted by molar-refractivity contribution is 0.473. The molecule has 3 aromatic rings. The normalized spacial score (nSPS) is 10.1. The van der Waals surface area contributed by atoms with Gasteiger partial charge >= 0.3 is 0 Å². The number of rotatable bonds is 3. The van der Waals surface area contributed by atoms with Gasteiger partial charge in [-0.2, -0.15) is 0 Å². The predicted octanol–water partition coefficient (Wildman–Crippen LogP) is 4.63. The Bertz CT molecular complexity index is 826. The number of hydrogen-bond donors (Lipinski definition) is 1. The molecular weight excluding hydrogens is 268 g/mol. The molecule has 0 heterocycles. The highest BCUT2D eigenvalue weighted by molar-refractivity contribution is 5.67. The Hall–Kier alpha value is -2.98. The molecule has 0 unspecified atom stereocenters. The molecule has 1 heteroatoms. The van der Waals surface area contributed by atoms with E-state index in [2.05, 4.69) is 30.2 Å². The second-order valence-electron chi connectivity index (χ2n) is 5.20. The van der Waals surface area contributed by atoms with Gasteiger partial charge in [-0.3, -0.25) is 0 Å². The topological polar surface area (TPSA) is 20.2 Å². The van der Waals surface area contributed by atoms with Gasteiger partial charge in [0.25, 0.3) is 0 Å². The predicted molar refractivity (Wildman–Crippen MR) is 90.7 cm³/mol. The van der Waals surface area contributed by atoms with Crippen molar-refractivity contribution in [2.45, 2.75) is 6.42 Å². The average molecular weight is 284 g/mol. The fourth-order valence-corrected chi connectivity index (χ4v) is 2.60. The number of terminal acetylenes is 1. The molecule has 1 nitrogen and oxygen atoms in total. The van der Waals surface area contributed by atoms with Gasteiger partial charge in [0, 0.05) is 0 Å². The summed E-state index contributed by atoms with van der Waals surface area (Å²) in [6.45, 7) is 0. The van der Waals surface area contributed by atoms with Gasteiger partial charge in [-0.15, -0.1) is 6.42 Å². The summed E-state index contributed by atoms with van der Waals surface area (Å²) in [5.41, 5.74) is 5.20. The summed E-state index contributed by atoms with van der Waals surface area (Å²) >= 11 is 0. The molecule has 106 valence electrons. The van der Waals surface area contributed by atoms with E-state index in [0.29, 0.717) is 5.56 Å². The third-order valence-electron chi connectivity index (χ3n) is 3.71. The largest absolute Gasteiger partial charge is 0.507 e. The van der Waals surface area contributed by atoms with Crippen LogP contribution in [0.3, 0.4) is 0 Å². The van der Waals surface area contributed by atoms with Crippen molar-refractivity contribution >= 4 is 0 Å². The first-order valence-electron chi connectivity index (χ1n) is 7.20. The minimum Gasteiger partial charge on any atom is -0.507 e. The summed E-state index contributed by atoms with van der Waals surface area (Å²) in [4.78, 5) is 0. The maximum Gasteiger partial charge on any atom is 0.131 e. The van der Waals surface area contributed by atoms with E-state index >= 15 is 0 Å². The van der Waals surface area contributed by atoms with Crippen LogP contribution in [0.1, 0.15) is 16.7 Å². The van der Waals surface area contributed by atoms with E-state index in [-0.39, 0.29) is 5.75 Å². The highest BCUT2D eigenvalue weighted by atomic mass is 16.3.